The van der Waals surface area contributed by atoms with Gasteiger partial charge >= 0.3 is 5.97 Å². The third-order valence-corrected chi connectivity index (χ3v) is 5.77. The highest BCUT2D eigenvalue weighted by Gasteiger charge is 2.38. The Bertz CT molecular complexity index is 945. The molecule has 0 aromatic heterocycles. The lowest BCUT2D eigenvalue weighted by atomic mass is 10.1. The average molecular weight is 453 g/mol. The van der Waals surface area contributed by atoms with E-state index < -0.39 is 18.1 Å². The normalized spacial score (nSPS) is 17.6. The molecule has 176 valence electrons. The third-order valence-electron chi connectivity index (χ3n) is 5.77. The van der Waals surface area contributed by atoms with E-state index in [1.54, 1.807) is 6.92 Å². The zero-order chi connectivity index (χ0) is 23.8. The largest absolute Gasteiger partial charge is 0.481 e. The first-order valence-electron chi connectivity index (χ1n) is 11.5. The number of benzene rings is 2. The highest BCUT2D eigenvalue weighted by Crippen LogP contribution is 2.24. The number of nitrogens with zero attached hydrogens (tertiary/aromatic N) is 1. The van der Waals surface area contributed by atoms with Crippen molar-refractivity contribution in [1.82, 2.24) is 10.2 Å². The topological polar surface area (TPSA) is 84.9 Å². The third kappa shape index (κ3) is 6.34. The second-order valence-corrected chi connectivity index (χ2v) is 8.16. The Morgan fingerprint density at radius 2 is 1.70 bits per heavy atom. The van der Waals surface area contributed by atoms with Crippen molar-refractivity contribution in [1.29, 1.82) is 0 Å². The minimum absolute atomic E-state index is 0.176. The van der Waals surface area contributed by atoms with Crippen LogP contribution in [0.4, 0.5) is 0 Å². The standard InChI is InChI=1S/C26H32N2O5/c1-4-18(3)32-24(29)17-22-25(30)27-15-16-28(22)26(31)23(5-2)33-21-13-11-20(12-14-21)19-9-7-6-8-10-19/h6-14,18,22-23H,4-5,15-17H2,1-3H3,(H,27,30). The van der Waals surface area contributed by atoms with Crippen LogP contribution in [0.5, 0.6) is 5.75 Å². The van der Waals surface area contributed by atoms with Crippen molar-refractivity contribution in [3.63, 3.8) is 0 Å². The smallest absolute Gasteiger partial charge is 0.308 e. The predicted octanol–water partition coefficient (Wildman–Crippen LogP) is 3.57. The fourth-order valence-corrected chi connectivity index (χ4v) is 3.71. The van der Waals surface area contributed by atoms with Gasteiger partial charge in [-0.15, -0.1) is 0 Å². The fourth-order valence-electron chi connectivity index (χ4n) is 3.71. The second-order valence-electron chi connectivity index (χ2n) is 8.16. The summed E-state index contributed by atoms with van der Waals surface area (Å²) in [6, 6.07) is 16.7. The second kappa shape index (κ2) is 11.5. The van der Waals surface area contributed by atoms with E-state index in [0.717, 1.165) is 11.1 Å². The molecule has 0 bridgehead atoms. The number of ether oxygens (including phenoxy) is 2. The van der Waals surface area contributed by atoms with Crippen LogP contribution in [0.15, 0.2) is 54.6 Å². The molecule has 1 aliphatic rings. The summed E-state index contributed by atoms with van der Waals surface area (Å²) in [6.45, 7) is 6.22. The van der Waals surface area contributed by atoms with Crippen molar-refractivity contribution in [2.45, 2.75) is 58.3 Å². The monoisotopic (exact) mass is 452 g/mol. The highest BCUT2D eigenvalue weighted by atomic mass is 16.5. The van der Waals surface area contributed by atoms with Gasteiger partial charge in [-0.1, -0.05) is 56.3 Å². The quantitative estimate of drug-likeness (QED) is 0.588. The molecule has 0 saturated carbocycles. The predicted molar refractivity (Wildman–Crippen MR) is 126 cm³/mol. The van der Waals surface area contributed by atoms with Crippen LogP contribution < -0.4 is 10.1 Å². The lowest BCUT2D eigenvalue weighted by Crippen LogP contribution is -2.60. The van der Waals surface area contributed by atoms with Crippen LogP contribution in [0.2, 0.25) is 0 Å². The van der Waals surface area contributed by atoms with Crippen molar-refractivity contribution < 1.29 is 23.9 Å². The van der Waals surface area contributed by atoms with Crippen molar-refractivity contribution in [3.8, 4) is 16.9 Å². The number of nitrogens with one attached hydrogen (secondary N) is 1. The summed E-state index contributed by atoms with van der Waals surface area (Å²) >= 11 is 0. The number of amides is 2. The SMILES string of the molecule is CCC(C)OC(=O)CC1C(=O)NCCN1C(=O)C(CC)Oc1ccc(-c2ccccc2)cc1. The molecule has 7 heteroatoms. The maximum atomic E-state index is 13.3. The van der Waals surface area contributed by atoms with Gasteiger partial charge in [0.2, 0.25) is 5.91 Å². The van der Waals surface area contributed by atoms with E-state index in [4.69, 9.17) is 9.47 Å². The van der Waals surface area contributed by atoms with E-state index in [1.165, 1.54) is 4.90 Å². The van der Waals surface area contributed by atoms with Crippen LogP contribution in [-0.4, -0.2) is 54.0 Å². The molecule has 1 heterocycles. The molecule has 2 aromatic carbocycles. The summed E-state index contributed by atoms with van der Waals surface area (Å²) in [7, 11) is 0. The van der Waals surface area contributed by atoms with Crippen LogP contribution in [0, 0.1) is 0 Å². The van der Waals surface area contributed by atoms with E-state index in [-0.39, 0.29) is 24.3 Å². The number of piperazine rings is 1. The van der Waals surface area contributed by atoms with Gasteiger partial charge in [0.15, 0.2) is 6.10 Å². The van der Waals surface area contributed by atoms with Crippen LogP contribution >= 0.6 is 0 Å². The molecule has 1 aliphatic heterocycles. The summed E-state index contributed by atoms with van der Waals surface area (Å²) in [5, 5.41) is 2.74. The number of hydrogen-bond acceptors (Lipinski definition) is 5. The molecule has 0 aliphatic carbocycles. The molecule has 3 atom stereocenters. The van der Waals surface area contributed by atoms with Crippen LogP contribution in [-0.2, 0) is 19.1 Å². The Hall–Kier alpha value is -3.35. The molecule has 1 saturated heterocycles. The molecule has 1 N–H and O–H groups in total. The molecule has 3 rings (SSSR count). The van der Waals surface area contributed by atoms with E-state index in [2.05, 4.69) is 5.32 Å². The molecule has 2 amide bonds. The molecule has 0 radical (unpaired) electrons. The van der Waals surface area contributed by atoms with Gasteiger partial charge in [0.05, 0.1) is 12.5 Å². The van der Waals surface area contributed by atoms with Crippen molar-refractivity contribution in [2.75, 3.05) is 13.1 Å². The Labute approximate surface area is 195 Å². The van der Waals surface area contributed by atoms with E-state index in [9.17, 15) is 14.4 Å². The number of carbonyl (C=O) groups excluding carboxylic acids is 3. The Morgan fingerprint density at radius 1 is 1.03 bits per heavy atom. The molecule has 2 aromatic rings. The van der Waals surface area contributed by atoms with Gasteiger partial charge in [-0.2, -0.15) is 0 Å². The lowest BCUT2D eigenvalue weighted by molar-refractivity contribution is -0.156. The summed E-state index contributed by atoms with van der Waals surface area (Å²) in [6.07, 6.45) is -0.0588. The minimum Gasteiger partial charge on any atom is -0.481 e. The Balaban J connectivity index is 1.69. The van der Waals surface area contributed by atoms with E-state index in [0.29, 0.717) is 31.7 Å². The zero-order valence-electron chi connectivity index (χ0n) is 19.5. The average Bonchev–Trinajstić information content (AvgIpc) is 2.84. The van der Waals surface area contributed by atoms with Crippen molar-refractivity contribution in [3.05, 3.63) is 54.6 Å². The maximum Gasteiger partial charge on any atom is 0.308 e. The molecular formula is C26H32N2O5. The first kappa shape index (κ1) is 24.3. The molecule has 33 heavy (non-hydrogen) atoms. The highest BCUT2D eigenvalue weighted by molar-refractivity contribution is 5.93. The molecule has 0 spiro atoms. The van der Waals surface area contributed by atoms with Crippen molar-refractivity contribution >= 4 is 17.8 Å². The lowest BCUT2D eigenvalue weighted by Gasteiger charge is -2.36. The van der Waals surface area contributed by atoms with Gasteiger partial charge in [0, 0.05) is 13.1 Å². The number of carbonyl (C=O) groups is 3. The first-order chi connectivity index (χ1) is 15.9. The molecule has 7 nitrogen and oxygen atoms in total. The van der Waals surface area contributed by atoms with E-state index >= 15 is 0 Å². The van der Waals surface area contributed by atoms with Gasteiger partial charge < -0.3 is 19.7 Å². The number of esters is 1. The van der Waals surface area contributed by atoms with Crippen molar-refractivity contribution in [2.24, 2.45) is 0 Å². The summed E-state index contributed by atoms with van der Waals surface area (Å²) in [4.78, 5) is 39.5. The maximum absolute atomic E-state index is 13.3. The van der Waals surface area contributed by atoms with Gasteiger partial charge in [0.1, 0.15) is 11.8 Å². The summed E-state index contributed by atoms with van der Waals surface area (Å²) < 4.78 is 11.3. The Kier molecular flexibility index (Phi) is 8.46. The summed E-state index contributed by atoms with van der Waals surface area (Å²) in [5.74, 6) is -0.572. The fraction of sp³-hybridized carbons (Fsp3) is 0.423. The Morgan fingerprint density at radius 3 is 2.33 bits per heavy atom. The minimum atomic E-state index is -0.902. The van der Waals surface area contributed by atoms with Gasteiger partial charge in [-0.25, -0.2) is 0 Å². The van der Waals surface area contributed by atoms with Gasteiger partial charge in [-0.05, 0) is 43.0 Å². The molecule has 3 unspecified atom stereocenters. The van der Waals surface area contributed by atoms with Crippen LogP contribution in [0.25, 0.3) is 11.1 Å². The van der Waals surface area contributed by atoms with Gasteiger partial charge in [0.25, 0.3) is 5.91 Å². The van der Waals surface area contributed by atoms with E-state index in [1.807, 2.05) is 68.4 Å². The molecule has 1 fully saturated rings. The van der Waals surface area contributed by atoms with Gasteiger partial charge in [-0.3, -0.25) is 14.4 Å². The van der Waals surface area contributed by atoms with Crippen LogP contribution in [0.1, 0.15) is 40.0 Å². The molecular weight excluding hydrogens is 420 g/mol. The number of hydrogen-bond donors (Lipinski definition) is 1. The summed E-state index contributed by atoms with van der Waals surface area (Å²) in [5.41, 5.74) is 2.15. The zero-order valence-corrected chi connectivity index (χ0v) is 19.5. The first-order valence-corrected chi connectivity index (χ1v) is 11.5. The van der Waals surface area contributed by atoms with Crippen LogP contribution in [0.3, 0.4) is 0 Å². The number of rotatable bonds is 9.